The van der Waals surface area contributed by atoms with Crippen LogP contribution >= 0.6 is 0 Å². The summed E-state index contributed by atoms with van der Waals surface area (Å²) in [6.07, 6.45) is 0.943. The number of methoxy groups -OCH3 is 1. The topological polar surface area (TPSA) is 63.6 Å². The second kappa shape index (κ2) is 5.23. The summed E-state index contributed by atoms with van der Waals surface area (Å²) in [6, 6.07) is 6.77. The Morgan fingerprint density at radius 3 is 2.79 bits per heavy atom. The Morgan fingerprint density at radius 1 is 1.42 bits per heavy atom. The molecule has 1 heterocycles. The van der Waals surface area contributed by atoms with Gasteiger partial charge in [-0.25, -0.2) is 8.42 Å². The molecule has 2 unspecified atom stereocenters. The third-order valence-electron chi connectivity index (χ3n) is 4.01. The summed E-state index contributed by atoms with van der Waals surface area (Å²) in [5.41, 5.74) is -0.551. The average molecular weight is 284 g/mol. The first kappa shape index (κ1) is 14.5. The Morgan fingerprint density at radius 2 is 2.11 bits per heavy atom. The monoisotopic (exact) mass is 284 g/mol. The van der Waals surface area contributed by atoms with E-state index < -0.39 is 15.4 Å². The lowest BCUT2D eigenvalue weighted by Crippen LogP contribution is -2.41. The smallest absolute Gasteiger partial charge is 0.178 e. The van der Waals surface area contributed by atoms with Crippen molar-refractivity contribution in [1.82, 2.24) is 0 Å². The molecular formula is C14H20O4S. The van der Waals surface area contributed by atoms with Crippen molar-refractivity contribution in [2.24, 2.45) is 5.92 Å². The quantitative estimate of drug-likeness (QED) is 0.914. The molecule has 0 saturated heterocycles. The van der Waals surface area contributed by atoms with Gasteiger partial charge in [0.25, 0.3) is 0 Å². The van der Waals surface area contributed by atoms with Crippen LogP contribution < -0.4 is 0 Å². The fourth-order valence-electron chi connectivity index (χ4n) is 2.68. The SMILES string of the molecule is COCCC(C)C1(O)CCS(=O)(=O)c2ccccc21. The Hall–Kier alpha value is -0.910. The van der Waals surface area contributed by atoms with Crippen molar-refractivity contribution in [3.05, 3.63) is 29.8 Å². The first-order chi connectivity index (χ1) is 8.92. The molecule has 0 radical (unpaired) electrons. The number of benzene rings is 1. The molecule has 1 N–H and O–H groups in total. The summed E-state index contributed by atoms with van der Waals surface area (Å²) in [5, 5.41) is 10.9. The summed E-state index contributed by atoms with van der Waals surface area (Å²) in [5.74, 6) is -0.0539. The van der Waals surface area contributed by atoms with Crippen LogP contribution in [0.1, 0.15) is 25.3 Å². The highest BCUT2D eigenvalue weighted by Gasteiger charge is 2.43. The first-order valence-electron chi connectivity index (χ1n) is 6.45. The van der Waals surface area contributed by atoms with Crippen molar-refractivity contribution in [3.63, 3.8) is 0 Å². The van der Waals surface area contributed by atoms with Gasteiger partial charge in [0.15, 0.2) is 9.84 Å². The zero-order valence-electron chi connectivity index (χ0n) is 11.3. The number of aliphatic hydroxyl groups is 1. The maximum Gasteiger partial charge on any atom is 0.178 e. The fraction of sp³-hybridized carbons (Fsp3) is 0.571. The van der Waals surface area contributed by atoms with Gasteiger partial charge < -0.3 is 9.84 Å². The van der Waals surface area contributed by atoms with Crippen molar-refractivity contribution in [3.8, 4) is 0 Å². The van der Waals surface area contributed by atoms with Gasteiger partial charge in [-0.3, -0.25) is 0 Å². The van der Waals surface area contributed by atoms with Crippen LogP contribution in [0.15, 0.2) is 29.2 Å². The zero-order valence-corrected chi connectivity index (χ0v) is 12.1. The van der Waals surface area contributed by atoms with Crippen LogP contribution in [0.4, 0.5) is 0 Å². The minimum atomic E-state index is -3.26. The molecule has 0 bridgehead atoms. The summed E-state index contributed by atoms with van der Waals surface area (Å²) in [6.45, 7) is 2.49. The van der Waals surface area contributed by atoms with Crippen molar-refractivity contribution in [2.75, 3.05) is 19.5 Å². The molecule has 2 atom stereocenters. The van der Waals surface area contributed by atoms with Gasteiger partial charge in [0, 0.05) is 19.3 Å². The molecule has 0 saturated carbocycles. The van der Waals surface area contributed by atoms with Crippen molar-refractivity contribution < 1.29 is 18.3 Å². The highest BCUT2D eigenvalue weighted by atomic mass is 32.2. The molecule has 1 aromatic rings. The zero-order chi connectivity index (χ0) is 14.1. The molecule has 5 heteroatoms. The molecule has 19 heavy (non-hydrogen) atoms. The van der Waals surface area contributed by atoms with E-state index in [9.17, 15) is 13.5 Å². The fourth-order valence-corrected chi connectivity index (χ4v) is 4.34. The van der Waals surface area contributed by atoms with Crippen LogP contribution in [0.5, 0.6) is 0 Å². The maximum absolute atomic E-state index is 12.1. The minimum absolute atomic E-state index is 0.00215. The van der Waals surface area contributed by atoms with Crippen LogP contribution in [0.3, 0.4) is 0 Å². The van der Waals surface area contributed by atoms with Crippen LogP contribution in [0.2, 0.25) is 0 Å². The molecule has 1 aliphatic rings. The number of rotatable bonds is 4. The van der Waals surface area contributed by atoms with E-state index in [1.54, 1.807) is 31.4 Å². The van der Waals surface area contributed by atoms with E-state index in [2.05, 4.69) is 0 Å². The van der Waals surface area contributed by atoms with Gasteiger partial charge >= 0.3 is 0 Å². The second-order valence-corrected chi connectivity index (χ2v) is 7.25. The lowest BCUT2D eigenvalue weighted by atomic mass is 9.78. The van der Waals surface area contributed by atoms with E-state index in [1.807, 2.05) is 6.92 Å². The van der Waals surface area contributed by atoms with E-state index >= 15 is 0 Å². The van der Waals surface area contributed by atoms with E-state index in [0.29, 0.717) is 18.6 Å². The van der Waals surface area contributed by atoms with Crippen LogP contribution in [0, 0.1) is 5.92 Å². The Bertz CT molecular complexity index is 552. The van der Waals surface area contributed by atoms with E-state index in [-0.39, 0.29) is 23.0 Å². The summed E-state index contributed by atoms with van der Waals surface area (Å²) in [7, 11) is -1.64. The number of fused-ring (bicyclic) bond motifs is 1. The molecular weight excluding hydrogens is 264 g/mol. The van der Waals surface area contributed by atoms with Crippen molar-refractivity contribution >= 4 is 9.84 Å². The van der Waals surface area contributed by atoms with Gasteiger partial charge in [-0.1, -0.05) is 25.1 Å². The lowest BCUT2D eigenvalue weighted by molar-refractivity contribution is -0.0349. The molecule has 4 nitrogen and oxygen atoms in total. The molecule has 0 aliphatic carbocycles. The predicted molar refractivity (Wildman–Crippen MR) is 72.7 cm³/mol. The van der Waals surface area contributed by atoms with E-state index in [4.69, 9.17) is 4.74 Å². The maximum atomic E-state index is 12.1. The van der Waals surface area contributed by atoms with Crippen LogP contribution in [0.25, 0.3) is 0 Å². The number of hydrogen-bond donors (Lipinski definition) is 1. The normalized spacial score (nSPS) is 26.7. The Kier molecular flexibility index (Phi) is 3.99. The highest BCUT2D eigenvalue weighted by molar-refractivity contribution is 7.91. The lowest BCUT2D eigenvalue weighted by Gasteiger charge is -2.39. The molecule has 0 fully saturated rings. The first-order valence-corrected chi connectivity index (χ1v) is 8.10. The van der Waals surface area contributed by atoms with Gasteiger partial charge in [0.1, 0.15) is 0 Å². The largest absolute Gasteiger partial charge is 0.385 e. The molecule has 0 aromatic heterocycles. The second-order valence-electron chi connectivity index (χ2n) is 5.17. The summed E-state index contributed by atoms with van der Waals surface area (Å²) in [4.78, 5) is 0.271. The molecule has 1 aromatic carbocycles. The number of hydrogen-bond acceptors (Lipinski definition) is 4. The Balaban J connectivity index is 2.44. The van der Waals surface area contributed by atoms with E-state index in [0.717, 1.165) is 0 Å². The molecule has 0 spiro atoms. The van der Waals surface area contributed by atoms with Gasteiger partial charge in [0.2, 0.25) is 0 Å². The standard InChI is InChI=1S/C14H20O4S/c1-11(7-9-18-2)14(15)8-10-19(16,17)13-6-4-3-5-12(13)14/h3-6,11,15H,7-10H2,1-2H3. The average Bonchev–Trinajstić information content (AvgIpc) is 2.41. The van der Waals surface area contributed by atoms with Crippen LogP contribution in [-0.2, 0) is 20.2 Å². The van der Waals surface area contributed by atoms with E-state index in [1.165, 1.54) is 0 Å². The number of sulfone groups is 1. The van der Waals surface area contributed by atoms with Gasteiger partial charge in [-0.2, -0.15) is 0 Å². The molecule has 1 aliphatic heterocycles. The molecule has 106 valence electrons. The number of ether oxygens (including phenoxy) is 1. The third kappa shape index (κ3) is 2.55. The van der Waals surface area contributed by atoms with Gasteiger partial charge in [0.05, 0.1) is 16.2 Å². The van der Waals surface area contributed by atoms with Crippen molar-refractivity contribution in [1.29, 1.82) is 0 Å². The van der Waals surface area contributed by atoms with Crippen LogP contribution in [-0.4, -0.2) is 33.0 Å². The summed E-state index contributed by atoms with van der Waals surface area (Å²) < 4.78 is 29.2. The van der Waals surface area contributed by atoms with Crippen molar-refractivity contribution in [2.45, 2.75) is 30.3 Å². The van der Waals surface area contributed by atoms with Gasteiger partial charge in [-0.05, 0) is 24.8 Å². The molecule has 0 amide bonds. The predicted octanol–water partition coefficient (Wildman–Crippen LogP) is 1.72. The Labute approximate surface area is 114 Å². The minimum Gasteiger partial charge on any atom is -0.385 e. The highest BCUT2D eigenvalue weighted by Crippen LogP contribution is 2.42. The third-order valence-corrected chi connectivity index (χ3v) is 5.78. The van der Waals surface area contributed by atoms with Gasteiger partial charge in [-0.15, -0.1) is 0 Å². The molecule has 2 rings (SSSR count). The summed E-state index contributed by atoms with van der Waals surface area (Å²) >= 11 is 0.